The van der Waals surface area contributed by atoms with Crippen molar-refractivity contribution in [1.29, 1.82) is 0 Å². The van der Waals surface area contributed by atoms with Crippen molar-refractivity contribution in [2.75, 3.05) is 0 Å². The summed E-state index contributed by atoms with van der Waals surface area (Å²) in [6.07, 6.45) is 7.12. The van der Waals surface area contributed by atoms with Crippen LogP contribution in [0.1, 0.15) is 45.4 Å². The van der Waals surface area contributed by atoms with Crippen molar-refractivity contribution >= 4 is 23.9 Å². The van der Waals surface area contributed by atoms with Gasteiger partial charge < -0.3 is 4.79 Å². The summed E-state index contributed by atoms with van der Waals surface area (Å²) in [5.41, 5.74) is 0. The standard InChI is InChI=1S/C23H30OSi/c1-19-11-9-12-20(19)13-10-18-23(24)25(2,21-14-5-3-6-15-21)22-16-7-4-8-17-22/h3-8,14-17,19-20H,9-13,18H2,1-2H3. The van der Waals surface area contributed by atoms with Crippen LogP contribution < -0.4 is 10.4 Å². The minimum Gasteiger partial charge on any atom is -0.305 e. The van der Waals surface area contributed by atoms with Gasteiger partial charge in [-0.2, -0.15) is 0 Å². The van der Waals surface area contributed by atoms with E-state index in [0.717, 1.165) is 24.7 Å². The van der Waals surface area contributed by atoms with Gasteiger partial charge in [0.15, 0.2) is 8.07 Å². The molecule has 0 spiro atoms. The maximum atomic E-state index is 13.4. The molecule has 132 valence electrons. The minimum absolute atomic E-state index is 0.482. The van der Waals surface area contributed by atoms with Gasteiger partial charge in [0, 0.05) is 6.42 Å². The molecule has 0 aromatic heterocycles. The summed E-state index contributed by atoms with van der Waals surface area (Å²) in [5.74, 6) is 1.69. The second-order valence-electron chi connectivity index (χ2n) is 7.84. The van der Waals surface area contributed by atoms with Crippen LogP contribution in [0.25, 0.3) is 0 Å². The molecule has 2 aromatic rings. The first-order valence-corrected chi connectivity index (χ1v) is 12.3. The monoisotopic (exact) mass is 350 g/mol. The van der Waals surface area contributed by atoms with Crippen LogP contribution in [0.3, 0.4) is 0 Å². The lowest BCUT2D eigenvalue weighted by Gasteiger charge is -2.27. The first-order valence-electron chi connectivity index (χ1n) is 9.76. The van der Waals surface area contributed by atoms with Crippen molar-refractivity contribution in [2.24, 2.45) is 11.8 Å². The molecule has 2 aromatic carbocycles. The molecule has 1 saturated carbocycles. The molecule has 0 saturated heterocycles. The molecular formula is C23H30OSi. The van der Waals surface area contributed by atoms with Crippen molar-refractivity contribution in [1.82, 2.24) is 0 Å². The van der Waals surface area contributed by atoms with Gasteiger partial charge in [0.1, 0.15) is 5.41 Å². The summed E-state index contributed by atoms with van der Waals surface area (Å²) in [7, 11) is -2.34. The second kappa shape index (κ2) is 8.14. The molecule has 1 aliphatic rings. The van der Waals surface area contributed by atoms with Crippen LogP contribution >= 0.6 is 0 Å². The maximum Gasteiger partial charge on any atom is 0.190 e. The van der Waals surface area contributed by atoms with Gasteiger partial charge in [-0.1, -0.05) is 93.4 Å². The van der Waals surface area contributed by atoms with Crippen molar-refractivity contribution < 1.29 is 4.79 Å². The predicted molar refractivity (Wildman–Crippen MR) is 109 cm³/mol. The minimum atomic E-state index is -2.34. The molecule has 2 unspecified atom stereocenters. The van der Waals surface area contributed by atoms with Gasteiger partial charge >= 0.3 is 0 Å². The van der Waals surface area contributed by atoms with Gasteiger partial charge in [-0.05, 0) is 35.1 Å². The highest BCUT2D eigenvalue weighted by atomic mass is 28.3. The average molecular weight is 351 g/mol. The fourth-order valence-electron chi connectivity index (χ4n) is 4.46. The molecule has 3 rings (SSSR count). The Hall–Kier alpha value is -1.67. The average Bonchev–Trinajstić information content (AvgIpc) is 3.07. The van der Waals surface area contributed by atoms with Crippen LogP contribution in [0.15, 0.2) is 60.7 Å². The van der Waals surface area contributed by atoms with Gasteiger partial charge in [0.2, 0.25) is 0 Å². The lowest BCUT2D eigenvalue weighted by molar-refractivity contribution is -0.112. The highest BCUT2D eigenvalue weighted by Gasteiger charge is 2.39. The molecule has 0 amide bonds. The number of carbonyl (C=O) groups excluding carboxylic acids is 1. The summed E-state index contributed by atoms with van der Waals surface area (Å²) in [6, 6.07) is 20.9. The van der Waals surface area contributed by atoms with Gasteiger partial charge in [-0.3, -0.25) is 0 Å². The molecule has 0 N–H and O–H groups in total. The Morgan fingerprint density at radius 1 is 0.960 bits per heavy atom. The van der Waals surface area contributed by atoms with E-state index >= 15 is 0 Å². The smallest absolute Gasteiger partial charge is 0.190 e. The Balaban J connectivity index is 1.76. The highest BCUT2D eigenvalue weighted by molar-refractivity contribution is 7.21. The van der Waals surface area contributed by atoms with E-state index in [-0.39, 0.29) is 0 Å². The van der Waals surface area contributed by atoms with E-state index < -0.39 is 8.07 Å². The van der Waals surface area contributed by atoms with E-state index in [1.165, 1.54) is 36.1 Å². The van der Waals surface area contributed by atoms with Crippen LogP contribution in [0.5, 0.6) is 0 Å². The molecule has 0 bridgehead atoms. The number of benzene rings is 2. The molecule has 25 heavy (non-hydrogen) atoms. The fourth-order valence-corrected chi connectivity index (χ4v) is 7.83. The SMILES string of the molecule is CC1CCCC1CCCC(=O)[Si](C)(c1ccccc1)c1ccccc1. The zero-order chi connectivity index (χ0) is 17.7. The number of hydrogen-bond acceptors (Lipinski definition) is 1. The van der Waals surface area contributed by atoms with Crippen LogP contribution in [0, 0.1) is 11.8 Å². The van der Waals surface area contributed by atoms with Crippen LogP contribution in [-0.4, -0.2) is 13.5 Å². The van der Waals surface area contributed by atoms with Crippen LogP contribution in [0.4, 0.5) is 0 Å². The van der Waals surface area contributed by atoms with Crippen molar-refractivity contribution in [3.8, 4) is 0 Å². The highest BCUT2D eigenvalue weighted by Crippen LogP contribution is 2.34. The van der Waals surface area contributed by atoms with Crippen molar-refractivity contribution in [3.05, 3.63) is 60.7 Å². The zero-order valence-corrected chi connectivity index (χ0v) is 16.6. The summed E-state index contributed by atoms with van der Waals surface area (Å²) in [4.78, 5) is 13.4. The van der Waals surface area contributed by atoms with E-state index in [2.05, 4.69) is 62.0 Å². The van der Waals surface area contributed by atoms with Crippen LogP contribution in [-0.2, 0) is 4.79 Å². The van der Waals surface area contributed by atoms with Crippen molar-refractivity contribution in [2.45, 2.75) is 52.0 Å². The molecule has 1 aliphatic carbocycles. The van der Waals surface area contributed by atoms with Crippen molar-refractivity contribution in [3.63, 3.8) is 0 Å². The lowest BCUT2D eigenvalue weighted by Crippen LogP contribution is -2.62. The Bertz CT molecular complexity index is 640. The summed E-state index contributed by atoms with van der Waals surface area (Å²) < 4.78 is 0. The molecule has 2 atom stereocenters. The predicted octanol–water partition coefficient (Wildman–Crippen LogP) is 4.59. The first kappa shape index (κ1) is 18.1. The summed E-state index contributed by atoms with van der Waals surface area (Å²) in [5, 5.41) is 2.96. The molecule has 0 aliphatic heterocycles. The second-order valence-corrected chi connectivity index (χ2v) is 11.8. The Morgan fingerprint density at radius 3 is 2.00 bits per heavy atom. The van der Waals surface area contributed by atoms with E-state index in [0.29, 0.717) is 5.41 Å². The molecule has 0 radical (unpaired) electrons. The van der Waals surface area contributed by atoms with E-state index in [1.54, 1.807) is 0 Å². The third-order valence-corrected chi connectivity index (χ3v) is 10.6. The fraction of sp³-hybridized carbons (Fsp3) is 0.435. The molecular weight excluding hydrogens is 320 g/mol. The number of carbonyl (C=O) groups is 1. The Kier molecular flexibility index (Phi) is 5.90. The third-order valence-electron chi connectivity index (χ3n) is 6.28. The number of rotatable bonds is 7. The molecule has 1 nitrogen and oxygen atoms in total. The third kappa shape index (κ3) is 3.95. The normalized spacial score (nSPS) is 20.6. The largest absolute Gasteiger partial charge is 0.305 e. The topological polar surface area (TPSA) is 17.1 Å². The molecule has 0 heterocycles. The van der Waals surface area contributed by atoms with Gasteiger partial charge in [0.25, 0.3) is 0 Å². The summed E-state index contributed by atoms with van der Waals surface area (Å²) in [6.45, 7) is 4.62. The quantitative estimate of drug-likeness (QED) is 0.667. The Morgan fingerprint density at radius 2 is 1.52 bits per heavy atom. The van der Waals surface area contributed by atoms with E-state index in [4.69, 9.17) is 0 Å². The Labute approximate surface area is 153 Å². The van der Waals surface area contributed by atoms with E-state index in [1.807, 2.05) is 12.1 Å². The first-order chi connectivity index (χ1) is 12.1. The number of hydrogen-bond donors (Lipinski definition) is 0. The van der Waals surface area contributed by atoms with Gasteiger partial charge in [0.05, 0.1) is 0 Å². The van der Waals surface area contributed by atoms with Gasteiger partial charge in [-0.15, -0.1) is 0 Å². The lowest BCUT2D eigenvalue weighted by atomic mass is 9.93. The van der Waals surface area contributed by atoms with Crippen LogP contribution in [0.2, 0.25) is 6.55 Å². The zero-order valence-electron chi connectivity index (χ0n) is 15.6. The summed E-state index contributed by atoms with van der Waals surface area (Å²) >= 11 is 0. The maximum absolute atomic E-state index is 13.4. The van der Waals surface area contributed by atoms with Gasteiger partial charge in [-0.25, -0.2) is 0 Å². The van der Waals surface area contributed by atoms with E-state index in [9.17, 15) is 4.79 Å². The molecule has 2 heteroatoms. The molecule has 1 fully saturated rings.